The molecule has 16 heteroatoms. The molecule has 2 aromatic heterocycles. The number of thioether (sulfide) groups is 2. The number of amides is 4. The second kappa shape index (κ2) is 22.9. The number of carbonyl (C=O) groups excluding carboxylic acids is 6. The number of hydrogen-bond donors (Lipinski definition) is 1. The quantitative estimate of drug-likeness (QED) is 0.0584. The Hall–Kier alpha value is -5.74. The van der Waals surface area contributed by atoms with Crippen LogP contribution in [-0.4, -0.2) is 79.4 Å². The van der Waals surface area contributed by atoms with E-state index in [0.29, 0.717) is 48.6 Å². The number of nitrogens with zero attached hydrogens (tertiary/aromatic N) is 3. The Balaban J connectivity index is 1.01. The van der Waals surface area contributed by atoms with Gasteiger partial charge in [0.1, 0.15) is 24.7 Å². The second-order valence-corrected chi connectivity index (χ2v) is 19.3. The van der Waals surface area contributed by atoms with Gasteiger partial charge in [-0.3, -0.25) is 49.0 Å². The molecule has 344 valence electrons. The van der Waals surface area contributed by atoms with E-state index in [2.05, 4.69) is 22.2 Å². The van der Waals surface area contributed by atoms with Gasteiger partial charge in [0.2, 0.25) is 11.8 Å². The van der Waals surface area contributed by atoms with E-state index >= 15 is 0 Å². The summed E-state index contributed by atoms with van der Waals surface area (Å²) < 4.78 is 23.8. The topological polar surface area (TPSA) is 180 Å². The van der Waals surface area contributed by atoms with Gasteiger partial charge in [0, 0.05) is 25.4 Å². The Labute approximate surface area is 388 Å². The van der Waals surface area contributed by atoms with E-state index in [-0.39, 0.29) is 60.4 Å². The minimum atomic E-state index is -0.794. The lowest BCUT2D eigenvalue weighted by molar-refractivity contribution is -0.161. The van der Waals surface area contributed by atoms with Crippen molar-refractivity contribution >= 4 is 57.8 Å². The molecule has 1 N–H and O–H groups in total. The standard InChI is InChI=1S/C49H56N4O10S2/c1-6-8-9-10-43(54)62-39(29-60-35-17-11-32(12-18-35)25-41-44(55)52-47(58)64-41)37-22-16-34(28-51-37)23-24-53-45(56)42(65-48(53)59)26-33-13-19-36(20-14-33)61-30-40(63-46(57)49(3,4)5)38-21-15-31(7-2)27-50-38/h11-22,27-28,39-42H,6-10,23-26,29-30H2,1-5H3,(H,52,55,58)/t39-,40-,41?,42?/m0/s1. The minimum absolute atomic E-state index is 0.00674. The lowest BCUT2D eigenvalue weighted by Crippen LogP contribution is -2.34. The number of rotatable bonds is 22. The van der Waals surface area contributed by atoms with Crippen molar-refractivity contribution in [3.05, 3.63) is 119 Å². The average molecular weight is 925 g/mol. The van der Waals surface area contributed by atoms with Crippen molar-refractivity contribution in [2.24, 2.45) is 5.41 Å². The van der Waals surface area contributed by atoms with Gasteiger partial charge in [0.25, 0.3) is 10.5 Å². The number of hydrogen-bond acceptors (Lipinski definition) is 14. The van der Waals surface area contributed by atoms with Crippen molar-refractivity contribution in [1.29, 1.82) is 0 Å². The number of aromatic nitrogens is 2. The molecule has 2 unspecified atom stereocenters. The zero-order valence-electron chi connectivity index (χ0n) is 37.4. The number of esters is 2. The van der Waals surface area contributed by atoms with Crippen LogP contribution in [-0.2, 0) is 54.3 Å². The van der Waals surface area contributed by atoms with Crippen LogP contribution in [0.1, 0.15) is 106 Å². The number of pyridine rings is 2. The summed E-state index contributed by atoms with van der Waals surface area (Å²) in [6.07, 6.45) is 6.75. The number of carbonyl (C=O) groups is 6. The molecule has 4 aromatic rings. The predicted molar refractivity (Wildman–Crippen MR) is 248 cm³/mol. The Kier molecular flexibility index (Phi) is 17.2. The fourth-order valence-electron chi connectivity index (χ4n) is 6.83. The molecule has 2 aromatic carbocycles. The Bertz CT molecular complexity index is 2280. The van der Waals surface area contributed by atoms with Crippen molar-refractivity contribution in [3.8, 4) is 11.5 Å². The first kappa shape index (κ1) is 48.7. The van der Waals surface area contributed by atoms with Crippen LogP contribution >= 0.6 is 23.5 Å². The fourth-order valence-corrected chi connectivity index (χ4v) is 8.74. The first-order chi connectivity index (χ1) is 31.2. The van der Waals surface area contributed by atoms with Crippen molar-refractivity contribution in [1.82, 2.24) is 20.2 Å². The Morgan fingerprint density at radius 2 is 1.26 bits per heavy atom. The highest BCUT2D eigenvalue weighted by Gasteiger charge is 2.39. The highest BCUT2D eigenvalue weighted by atomic mass is 32.2. The van der Waals surface area contributed by atoms with Gasteiger partial charge in [0.15, 0.2) is 12.2 Å². The number of aryl methyl sites for hydroxylation is 1. The highest BCUT2D eigenvalue weighted by Crippen LogP contribution is 2.31. The molecule has 14 nitrogen and oxygen atoms in total. The molecule has 2 aliphatic heterocycles. The summed E-state index contributed by atoms with van der Waals surface area (Å²) in [5.74, 6) is -0.179. The summed E-state index contributed by atoms with van der Waals surface area (Å²) in [5, 5.41) is 0.601. The molecule has 4 amide bonds. The molecule has 65 heavy (non-hydrogen) atoms. The summed E-state index contributed by atoms with van der Waals surface area (Å²) in [7, 11) is 0. The van der Waals surface area contributed by atoms with Crippen molar-refractivity contribution in [3.63, 3.8) is 0 Å². The van der Waals surface area contributed by atoms with Crippen LogP contribution in [0.25, 0.3) is 0 Å². The molecule has 0 spiro atoms. The Morgan fingerprint density at radius 1 is 0.708 bits per heavy atom. The second-order valence-electron chi connectivity index (χ2n) is 16.9. The zero-order valence-corrected chi connectivity index (χ0v) is 39.0. The number of benzene rings is 2. The van der Waals surface area contributed by atoms with Gasteiger partial charge in [0.05, 0.1) is 27.3 Å². The maximum Gasteiger partial charge on any atom is 0.312 e. The van der Waals surface area contributed by atoms with Gasteiger partial charge in [-0.1, -0.05) is 86.6 Å². The SMILES string of the molecule is CCCCCC(=O)O[C@@H](COc1ccc(CC2SC(=O)NC2=O)cc1)c1ccc(CCN2C(=O)SC(Cc3ccc(OC[C@H](OC(=O)C(C)(C)C)c4ccc(CC)cn4)cc3)C2=O)cn1. The van der Waals surface area contributed by atoms with Crippen molar-refractivity contribution in [2.45, 2.75) is 109 Å². The Morgan fingerprint density at radius 3 is 1.77 bits per heavy atom. The molecule has 0 aliphatic carbocycles. The molecular weight excluding hydrogens is 869 g/mol. The smallest absolute Gasteiger partial charge is 0.312 e. The predicted octanol–water partition coefficient (Wildman–Crippen LogP) is 8.74. The maximum absolute atomic E-state index is 13.5. The van der Waals surface area contributed by atoms with Gasteiger partial charge >= 0.3 is 11.9 Å². The van der Waals surface area contributed by atoms with Crippen LogP contribution in [0, 0.1) is 5.41 Å². The summed E-state index contributed by atoms with van der Waals surface area (Å²) in [6.45, 7) is 9.73. The molecule has 2 fully saturated rings. The van der Waals surface area contributed by atoms with Gasteiger partial charge in [-0.2, -0.15) is 0 Å². The first-order valence-electron chi connectivity index (χ1n) is 22.0. The van der Waals surface area contributed by atoms with Gasteiger partial charge < -0.3 is 18.9 Å². The van der Waals surface area contributed by atoms with E-state index in [1.54, 1.807) is 63.5 Å². The van der Waals surface area contributed by atoms with Crippen LogP contribution in [0.3, 0.4) is 0 Å². The molecule has 4 atom stereocenters. The molecule has 6 rings (SSSR count). The molecule has 0 radical (unpaired) electrons. The summed E-state index contributed by atoms with van der Waals surface area (Å²) in [4.78, 5) is 86.1. The van der Waals surface area contributed by atoms with Crippen LogP contribution in [0.2, 0.25) is 0 Å². The van der Waals surface area contributed by atoms with E-state index in [1.165, 1.54) is 4.90 Å². The van der Waals surface area contributed by atoms with Gasteiger partial charge in [-0.15, -0.1) is 0 Å². The molecule has 0 saturated carbocycles. The zero-order chi connectivity index (χ0) is 46.5. The van der Waals surface area contributed by atoms with E-state index in [9.17, 15) is 28.8 Å². The van der Waals surface area contributed by atoms with Gasteiger partial charge in [-0.25, -0.2) is 0 Å². The van der Waals surface area contributed by atoms with Crippen molar-refractivity contribution < 1.29 is 47.7 Å². The monoisotopic (exact) mass is 924 g/mol. The van der Waals surface area contributed by atoms with Crippen LogP contribution in [0.4, 0.5) is 9.59 Å². The highest BCUT2D eigenvalue weighted by molar-refractivity contribution is 8.15. The molecule has 4 heterocycles. The average Bonchev–Trinajstić information content (AvgIpc) is 3.76. The number of ether oxygens (including phenoxy) is 4. The lowest BCUT2D eigenvalue weighted by Gasteiger charge is -2.23. The van der Waals surface area contributed by atoms with Gasteiger partial charge in [-0.05, 0) is 112 Å². The molecular formula is C49H56N4O10S2. The number of unbranched alkanes of at least 4 members (excludes halogenated alkanes) is 2. The minimum Gasteiger partial charge on any atom is -0.489 e. The largest absolute Gasteiger partial charge is 0.489 e. The fraction of sp³-hybridized carbons (Fsp3) is 0.429. The van der Waals surface area contributed by atoms with Crippen LogP contribution in [0.15, 0.2) is 85.2 Å². The third-order valence-corrected chi connectivity index (χ3v) is 12.8. The summed E-state index contributed by atoms with van der Waals surface area (Å²) >= 11 is 1.99. The molecule has 2 aliphatic rings. The molecule has 2 saturated heterocycles. The van der Waals surface area contributed by atoms with Crippen molar-refractivity contribution in [2.75, 3.05) is 19.8 Å². The van der Waals surface area contributed by atoms with E-state index < -0.39 is 28.1 Å². The first-order valence-corrected chi connectivity index (χ1v) is 23.7. The van der Waals surface area contributed by atoms with Crippen LogP contribution < -0.4 is 14.8 Å². The number of nitrogens with one attached hydrogen (secondary N) is 1. The van der Waals surface area contributed by atoms with E-state index in [0.717, 1.165) is 65.0 Å². The lowest BCUT2D eigenvalue weighted by atomic mass is 9.97. The normalized spacial score (nSPS) is 17.2. The van der Waals surface area contributed by atoms with E-state index in [1.807, 2.05) is 49.4 Å². The third kappa shape index (κ3) is 14.1. The number of imide groups is 2. The van der Waals surface area contributed by atoms with Crippen LogP contribution in [0.5, 0.6) is 11.5 Å². The summed E-state index contributed by atoms with van der Waals surface area (Å²) in [6, 6.07) is 21.9. The summed E-state index contributed by atoms with van der Waals surface area (Å²) in [5.41, 5.74) is 3.98. The molecule has 0 bridgehead atoms. The maximum atomic E-state index is 13.5. The third-order valence-electron chi connectivity index (χ3n) is 10.8. The van der Waals surface area contributed by atoms with E-state index in [4.69, 9.17) is 18.9 Å².